The van der Waals surface area contributed by atoms with E-state index in [0.717, 1.165) is 15.6 Å². The second-order valence-electron chi connectivity index (χ2n) is 8.96. The van der Waals surface area contributed by atoms with Crippen LogP contribution in [0.1, 0.15) is 28.7 Å². The first-order valence-corrected chi connectivity index (χ1v) is 12.5. The third-order valence-electron chi connectivity index (χ3n) is 7.33. The highest BCUT2D eigenvalue weighted by molar-refractivity contribution is 9.10. The Labute approximate surface area is 223 Å². The van der Waals surface area contributed by atoms with Gasteiger partial charge in [-0.1, -0.05) is 46.3 Å². The van der Waals surface area contributed by atoms with Crippen LogP contribution in [0.25, 0.3) is 0 Å². The highest BCUT2D eigenvalue weighted by atomic mass is 79.9. The molecule has 3 aromatic carbocycles. The summed E-state index contributed by atoms with van der Waals surface area (Å²) in [6, 6.07) is 17.5. The predicted octanol–water partition coefficient (Wildman–Crippen LogP) is 4.33. The number of anilines is 1. The minimum Gasteiger partial charge on any atom is -0.493 e. The van der Waals surface area contributed by atoms with E-state index in [1.807, 2.05) is 48.5 Å². The molecule has 8 nitrogen and oxygen atoms in total. The molecule has 0 aromatic heterocycles. The van der Waals surface area contributed by atoms with Gasteiger partial charge in [-0.25, -0.2) is 0 Å². The van der Waals surface area contributed by atoms with Gasteiger partial charge in [0, 0.05) is 16.1 Å². The van der Waals surface area contributed by atoms with Crippen molar-refractivity contribution in [1.29, 1.82) is 0 Å². The summed E-state index contributed by atoms with van der Waals surface area (Å²) < 4.78 is 22.9. The van der Waals surface area contributed by atoms with Gasteiger partial charge in [-0.15, -0.1) is 0 Å². The number of hydrogen-bond acceptors (Lipinski definition) is 7. The van der Waals surface area contributed by atoms with Crippen LogP contribution in [0, 0.1) is 0 Å². The van der Waals surface area contributed by atoms with E-state index in [1.54, 1.807) is 12.1 Å². The molecule has 5 rings (SSSR count). The number of nitrogens with one attached hydrogen (secondary N) is 2. The summed E-state index contributed by atoms with van der Waals surface area (Å²) in [5.41, 5.74) is 1.85. The van der Waals surface area contributed by atoms with Gasteiger partial charge >= 0.3 is 5.97 Å². The number of methoxy groups -OCH3 is 4. The average Bonchev–Trinajstić information content (AvgIpc) is 3.43. The molecule has 1 amide bonds. The van der Waals surface area contributed by atoms with Gasteiger partial charge in [-0.05, 0) is 47.0 Å². The lowest BCUT2D eigenvalue weighted by Gasteiger charge is -2.35. The molecule has 2 heterocycles. The normalized spacial score (nSPS) is 23.9. The molecule has 37 heavy (non-hydrogen) atoms. The van der Waals surface area contributed by atoms with Crippen molar-refractivity contribution in [2.75, 3.05) is 33.8 Å². The summed E-state index contributed by atoms with van der Waals surface area (Å²) in [5.74, 6) is -0.0898. The molecular weight excluding hydrogens is 540 g/mol. The number of fused-ring (bicyclic) bond motifs is 2. The van der Waals surface area contributed by atoms with Gasteiger partial charge in [0.15, 0.2) is 11.5 Å². The topological polar surface area (TPSA) is 95.1 Å². The maximum Gasteiger partial charge on any atom is 0.323 e. The highest BCUT2D eigenvalue weighted by Gasteiger charge is 2.66. The molecule has 0 radical (unpaired) electrons. The van der Waals surface area contributed by atoms with Crippen molar-refractivity contribution in [2.45, 2.75) is 23.4 Å². The zero-order chi connectivity index (χ0) is 26.3. The molecular formula is C28H27BrN2O6. The van der Waals surface area contributed by atoms with Crippen LogP contribution < -0.4 is 24.8 Å². The average molecular weight is 567 g/mol. The number of rotatable bonds is 6. The largest absolute Gasteiger partial charge is 0.493 e. The number of carbonyl (C=O) groups excluding carboxylic acids is 2. The van der Waals surface area contributed by atoms with Gasteiger partial charge in [-0.2, -0.15) is 0 Å². The van der Waals surface area contributed by atoms with E-state index in [4.69, 9.17) is 18.9 Å². The first-order chi connectivity index (χ1) is 17.9. The number of amides is 1. The number of benzene rings is 3. The first kappa shape index (κ1) is 25.1. The predicted molar refractivity (Wildman–Crippen MR) is 141 cm³/mol. The van der Waals surface area contributed by atoms with Gasteiger partial charge in [-0.3, -0.25) is 14.9 Å². The molecule has 4 atom stereocenters. The number of para-hydroxylation sites is 1. The van der Waals surface area contributed by atoms with Crippen molar-refractivity contribution in [3.05, 3.63) is 81.8 Å². The maximum absolute atomic E-state index is 14.2. The third-order valence-corrected chi connectivity index (χ3v) is 7.86. The summed E-state index contributed by atoms with van der Waals surface area (Å²) in [6.07, 6.45) is 0. The van der Waals surface area contributed by atoms with Crippen molar-refractivity contribution >= 4 is 33.5 Å². The second kappa shape index (κ2) is 9.72. The Hall–Kier alpha value is -3.56. The number of halogens is 1. The standard InChI is InChI=1S/C28H27BrN2O6/c1-34-20-13-16(14-21(35-2)24(20)36-3)22-23(26(32)37-4)31-25(15-9-11-17(29)12-10-15)28(22)18-7-5-6-8-19(18)30-27(28)33/h5-14,22-23,25,31H,1-4H3,(H,30,33)/t22-,23-,25-,28-/m0/s1. The van der Waals surface area contributed by atoms with Crippen LogP contribution in [0.2, 0.25) is 0 Å². The van der Waals surface area contributed by atoms with Crippen LogP contribution in [-0.4, -0.2) is 46.4 Å². The Kier molecular flexibility index (Phi) is 6.59. The molecule has 9 heteroatoms. The van der Waals surface area contributed by atoms with Gasteiger partial charge in [0.05, 0.1) is 34.5 Å². The molecule has 1 fully saturated rings. The third kappa shape index (κ3) is 3.76. The van der Waals surface area contributed by atoms with Crippen molar-refractivity contribution in [3.63, 3.8) is 0 Å². The summed E-state index contributed by atoms with van der Waals surface area (Å²) in [7, 11) is 5.94. The molecule has 192 valence electrons. The Morgan fingerprint density at radius 1 is 0.892 bits per heavy atom. The Morgan fingerprint density at radius 3 is 2.14 bits per heavy atom. The van der Waals surface area contributed by atoms with E-state index in [-0.39, 0.29) is 5.91 Å². The molecule has 1 saturated heterocycles. The molecule has 3 aromatic rings. The fraction of sp³-hybridized carbons (Fsp3) is 0.286. The first-order valence-electron chi connectivity index (χ1n) is 11.7. The van der Waals surface area contributed by atoms with E-state index in [0.29, 0.717) is 28.5 Å². The van der Waals surface area contributed by atoms with Gasteiger partial charge in [0.2, 0.25) is 11.7 Å². The molecule has 0 saturated carbocycles. The van der Waals surface area contributed by atoms with Gasteiger partial charge < -0.3 is 24.3 Å². The van der Waals surface area contributed by atoms with E-state index < -0.39 is 29.4 Å². The molecule has 2 aliphatic heterocycles. The molecule has 0 bridgehead atoms. The Balaban J connectivity index is 1.84. The van der Waals surface area contributed by atoms with Crippen molar-refractivity contribution in [1.82, 2.24) is 5.32 Å². The lowest BCUT2D eigenvalue weighted by atomic mass is 9.63. The number of hydrogen-bond donors (Lipinski definition) is 2. The summed E-state index contributed by atoms with van der Waals surface area (Å²) in [5, 5.41) is 6.54. The SMILES string of the molecule is COC(=O)[C@H]1N[C@@H](c2ccc(Br)cc2)[C@@]2(C(=O)Nc3ccccc32)[C@H]1c1cc(OC)c(OC)c(OC)c1. The van der Waals surface area contributed by atoms with Crippen LogP contribution in [-0.2, 0) is 19.7 Å². The smallest absolute Gasteiger partial charge is 0.323 e. The zero-order valence-electron chi connectivity index (χ0n) is 20.8. The van der Waals surface area contributed by atoms with Crippen LogP contribution >= 0.6 is 15.9 Å². The van der Waals surface area contributed by atoms with E-state index >= 15 is 0 Å². The fourth-order valence-corrected chi connectivity index (χ4v) is 6.09. The van der Waals surface area contributed by atoms with E-state index in [9.17, 15) is 9.59 Å². The van der Waals surface area contributed by atoms with Crippen LogP contribution in [0.5, 0.6) is 17.2 Å². The monoisotopic (exact) mass is 566 g/mol. The summed E-state index contributed by atoms with van der Waals surface area (Å²) in [4.78, 5) is 27.5. The van der Waals surface area contributed by atoms with Crippen molar-refractivity contribution in [2.24, 2.45) is 0 Å². The van der Waals surface area contributed by atoms with Crippen LogP contribution in [0.15, 0.2) is 65.1 Å². The highest BCUT2D eigenvalue weighted by Crippen LogP contribution is 2.60. The molecule has 2 aliphatic rings. The van der Waals surface area contributed by atoms with Crippen LogP contribution in [0.3, 0.4) is 0 Å². The van der Waals surface area contributed by atoms with Crippen molar-refractivity contribution in [3.8, 4) is 17.2 Å². The van der Waals surface area contributed by atoms with Crippen molar-refractivity contribution < 1.29 is 28.5 Å². The van der Waals surface area contributed by atoms with Gasteiger partial charge in [0.25, 0.3) is 0 Å². The molecule has 1 spiro atoms. The number of ether oxygens (including phenoxy) is 4. The fourth-order valence-electron chi connectivity index (χ4n) is 5.83. The summed E-state index contributed by atoms with van der Waals surface area (Å²) >= 11 is 3.49. The molecule has 0 unspecified atom stereocenters. The van der Waals surface area contributed by atoms with Gasteiger partial charge in [0.1, 0.15) is 11.5 Å². The number of esters is 1. The Bertz CT molecular complexity index is 1340. The summed E-state index contributed by atoms with van der Waals surface area (Å²) in [6.45, 7) is 0. The van der Waals surface area contributed by atoms with Crippen LogP contribution in [0.4, 0.5) is 5.69 Å². The zero-order valence-corrected chi connectivity index (χ0v) is 22.4. The maximum atomic E-state index is 14.2. The minimum atomic E-state index is -1.19. The van der Waals surface area contributed by atoms with E-state index in [1.165, 1.54) is 28.4 Å². The lowest BCUT2D eigenvalue weighted by Crippen LogP contribution is -2.44. The Morgan fingerprint density at radius 2 is 1.54 bits per heavy atom. The van der Waals surface area contributed by atoms with E-state index in [2.05, 4.69) is 26.6 Å². The second-order valence-corrected chi connectivity index (χ2v) is 9.87. The molecule has 2 N–H and O–H groups in total. The minimum absolute atomic E-state index is 0.209. The quantitative estimate of drug-likeness (QED) is 0.428. The lowest BCUT2D eigenvalue weighted by molar-refractivity contribution is -0.143. The number of carbonyl (C=O) groups is 2. The molecule has 0 aliphatic carbocycles.